The molecule has 2 aromatic carbocycles. The van der Waals surface area contributed by atoms with Crippen LogP contribution in [-0.2, 0) is 32.0 Å². The van der Waals surface area contributed by atoms with Crippen LogP contribution < -0.4 is 26.0 Å². The lowest BCUT2D eigenvalue weighted by Gasteiger charge is -2.32. The van der Waals surface area contributed by atoms with Gasteiger partial charge < -0.3 is 30.5 Å². The van der Waals surface area contributed by atoms with E-state index in [-0.39, 0.29) is 41.0 Å². The zero-order chi connectivity index (χ0) is 32.3. The fraction of sp³-hybridized carbons (Fsp3) is 0.545. The predicted octanol–water partition coefficient (Wildman–Crippen LogP) is 2.03. The Kier molecular flexibility index (Phi) is 12.9. The van der Waals surface area contributed by atoms with Crippen LogP contribution in [0.3, 0.4) is 0 Å². The molecule has 4 atom stereocenters. The van der Waals surface area contributed by atoms with Crippen molar-refractivity contribution in [3.8, 4) is 11.5 Å². The quantitative estimate of drug-likeness (QED) is 0.333. The van der Waals surface area contributed by atoms with Gasteiger partial charge in [0.15, 0.2) is 0 Å². The van der Waals surface area contributed by atoms with Gasteiger partial charge in [-0.25, -0.2) is 0 Å². The van der Waals surface area contributed by atoms with Crippen LogP contribution in [0.2, 0.25) is 5.02 Å². The van der Waals surface area contributed by atoms with Gasteiger partial charge in [-0.1, -0.05) is 49.7 Å². The summed E-state index contributed by atoms with van der Waals surface area (Å²) in [6.07, 6.45) is 1.64. The van der Waals surface area contributed by atoms with E-state index >= 15 is 0 Å². The smallest absolute Gasteiger partial charge is 0.243 e. The fourth-order valence-corrected chi connectivity index (χ4v) is 5.70. The molecule has 0 aromatic heterocycles. The third-order valence-electron chi connectivity index (χ3n) is 8.06. The highest BCUT2D eigenvalue weighted by atomic mass is 35.5. The van der Waals surface area contributed by atoms with E-state index in [1.807, 2.05) is 45.0 Å². The lowest BCUT2D eigenvalue weighted by molar-refractivity contribution is -0.134. The summed E-state index contributed by atoms with van der Waals surface area (Å²) in [5.74, 6) is -0.628. The fourth-order valence-electron chi connectivity index (χ4n) is 5.50. The summed E-state index contributed by atoms with van der Waals surface area (Å²) in [5, 5.41) is 22.3. The maximum Gasteiger partial charge on any atom is 0.243 e. The molecule has 0 bridgehead atoms. The number of phenols is 1. The number of nitrogens with zero attached hydrogens (tertiary/aromatic N) is 1. The zero-order valence-electron chi connectivity index (χ0n) is 26.3. The highest BCUT2D eigenvalue weighted by Crippen LogP contribution is 2.24. The third kappa shape index (κ3) is 10.3. The number of fused-ring (bicyclic) bond motifs is 1. The molecular weight excluding hydrogens is 598 g/mol. The minimum absolute atomic E-state index is 0.0461. The number of morpholine rings is 1. The number of hydrogen-bond donors (Lipinski definition) is 5. The molecule has 5 N–H and O–H groups in total. The summed E-state index contributed by atoms with van der Waals surface area (Å²) >= 11 is 6.17. The molecule has 1 saturated heterocycles. The average molecular weight is 644 g/mol. The molecule has 0 spiro atoms. The molecule has 11 nitrogen and oxygen atoms in total. The van der Waals surface area contributed by atoms with Gasteiger partial charge in [-0.3, -0.25) is 24.6 Å². The van der Waals surface area contributed by atoms with Crippen molar-refractivity contribution in [1.29, 1.82) is 0 Å². The first kappa shape index (κ1) is 34.5. The summed E-state index contributed by atoms with van der Waals surface area (Å²) in [4.78, 5) is 43.1. The number of halogens is 1. The lowest BCUT2D eigenvalue weighted by atomic mass is 10.00. The van der Waals surface area contributed by atoms with Crippen LogP contribution >= 0.6 is 11.6 Å². The van der Waals surface area contributed by atoms with Crippen molar-refractivity contribution in [2.45, 2.75) is 64.2 Å². The van der Waals surface area contributed by atoms with Crippen molar-refractivity contribution < 1.29 is 29.0 Å². The summed E-state index contributed by atoms with van der Waals surface area (Å²) in [5.41, 5.74) is 1.75. The number of aryl methyl sites for hydroxylation is 1. The minimum atomic E-state index is -0.887. The van der Waals surface area contributed by atoms with Crippen molar-refractivity contribution in [3.05, 3.63) is 58.6 Å². The number of hydrogen-bond acceptors (Lipinski definition) is 8. The molecule has 0 aliphatic carbocycles. The maximum atomic E-state index is 13.9. The van der Waals surface area contributed by atoms with Crippen LogP contribution in [0.4, 0.5) is 0 Å². The summed E-state index contributed by atoms with van der Waals surface area (Å²) < 4.78 is 11.7. The Labute approximate surface area is 270 Å². The van der Waals surface area contributed by atoms with Crippen molar-refractivity contribution in [2.24, 2.45) is 5.92 Å². The second-order valence-corrected chi connectivity index (χ2v) is 12.5. The Hall–Kier alpha value is -3.38. The van der Waals surface area contributed by atoms with Gasteiger partial charge in [0.05, 0.1) is 24.3 Å². The highest BCUT2D eigenvalue weighted by molar-refractivity contribution is 6.32. The van der Waals surface area contributed by atoms with Crippen LogP contribution in [0.5, 0.6) is 11.5 Å². The molecule has 0 unspecified atom stereocenters. The second-order valence-electron chi connectivity index (χ2n) is 12.1. The highest BCUT2D eigenvalue weighted by Gasteiger charge is 2.32. The Morgan fingerprint density at radius 1 is 1.00 bits per heavy atom. The number of amides is 3. The van der Waals surface area contributed by atoms with E-state index in [9.17, 15) is 19.5 Å². The van der Waals surface area contributed by atoms with Crippen molar-refractivity contribution in [2.75, 3.05) is 46.0 Å². The minimum Gasteiger partial charge on any atom is -0.506 e. The SMILES string of the molecule is CC(C)[C@H]1NC(=O)[C@@H](Cc2ccc(O)c(Cl)c2)N[C@@H](C)COc2ccccc2CCCNC(=O)[C@H](CN2CCOCC2)NC1=O. The number of para-hydroxylation sites is 1. The molecule has 2 aliphatic rings. The van der Waals surface area contributed by atoms with Crippen LogP contribution in [0.25, 0.3) is 0 Å². The first-order chi connectivity index (χ1) is 21.6. The largest absolute Gasteiger partial charge is 0.506 e. The number of aromatic hydroxyl groups is 1. The molecule has 0 radical (unpaired) electrons. The molecule has 246 valence electrons. The topological polar surface area (TPSA) is 141 Å². The number of carbonyl (C=O) groups excluding carboxylic acids is 3. The van der Waals surface area contributed by atoms with Crippen molar-refractivity contribution in [1.82, 2.24) is 26.2 Å². The average Bonchev–Trinajstić information content (AvgIpc) is 3.02. The summed E-state index contributed by atoms with van der Waals surface area (Å²) in [7, 11) is 0. The van der Waals surface area contributed by atoms with E-state index in [0.717, 1.165) is 16.9 Å². The maximum absolute atomic E-state index is 13.9. The van der Waals surface area contributed by atoms with Crippen molar-refractivity contribution in [3.63, 3.8) is 0 Å². The van der Waals surface area contributed by atoms with E-state index in [0.29, 0.717) is 58.8 Å². The van der Waals surface area contributed by atoms with E-state index in [1.54, 1.807) is 12.1 Å². The zero-order valence-corrected chi connectivity index (χ0v) is 27.1. The Morgan fingerprint density at radius 3 is 2.49 bits per heavy atom. The van der Waals surface area contributed by atoms with E-state index in [4.69, 9.17) is 21.1 Å². The number of carbonyl (C=O) groups is 3. The first-order valence-electron chi connectivity index (χ1n) is 15.7. The Balaban J connectivity index is 1.61. The summed E-state index contributed by atoms with van der Waals surface area (Å²) in [6.45, 7) is 9.15. The third-order valence-corrected chi connectivity index (χ3v) is 8.36. The van der Waals surface area contributed by atoms with Gasteiger partial charge >= 0.3 is 0 Å². The van der Waals surface area contributed by atoms with E-state index < -0.39 is 24.0 Å². The molecule has 45 heavy (non-hydrogen) atoms. The van der Waals surface area contributed by atoms with Crippen LogP contribution in [0, 0.1) is 5.92 Å². The molecule has 1 fully saturated rings. The van der Waals surface area contributed by atoms with Gasteiger partial charge in [-0.05, 0) is 61.4 Å². The van der Waals surface area contributed by atoms with E-state index in [1.165, 1.54) is 6.07 Å². The number of ether oxygens (including phenoxy) is 2. The van der Waals surface area contributed by atoms with Crippen molar-refractivity contribution >= 4 is 29.3 Å². The van der Waals surface area contributed by atoms with Crippen LogP contribution in [-0.4, -0.2) is 97.9 Å². The Morgan fingerprint density at radius 2 is 1.76 bits per heavy atom. The molecule has 2 aromatic rings. The molecular formula is C33H46ClN5O6. The van der Waals surface area contributed by atoms with Gasteiger partial charge in [-0.15, -0.1) is 0 Å². The normalized spacial score (nSPS) is 24.8. The number of benzene rings is 2. The van der Waals surface area contributed by atoms with Gasteiger partial charge in [0.1, 0.15) is 30.2 Å². The standard InChI is InChI=1S/C33H46ClN5O6/c1-21(2)30-33(43)37-27(19-39-13-15-44-16-14-39)31(41)35-12-6-8-24-7-4-5-9-29(24)45-20-22(3)36-26(32(42)38-30)18-23-10-11-28(40)25(34)17-23/h4-5,7,9-11,17,21-22,26-27,30,36,40H,6,8,12-16,18-20H2,1-3H3,(H,35,41)(H,37,43)(H,38,42)/t22-,26+,27-,30+/m0/s1. The first-order valence-corrected chi connectivity index (χ1v) is 16.1. The molecule has 2 aliphatic heterocycles. The number of phenolic OH excluding ortho intramolecular Hbond substituents is 1. The lowest BCUT2D eigenvalue weighted by Crippen LogP contribution is -2.61. The monoisotopic (exact) mass is 643 g/mol. The Bertz CT molecular complexity index is 1300. The molecule has 2 heterocycles. The van der Waals surface area contributed by atoms with Crippen LogP contribution in [0.15, 0.2) is 42.5 Å². The second kappa shape index (κ2) is 16.8. The van der Waals surface area contributed by atoms with E-state index in [2.05, 4.69) is 26.2 Å². The molecule has 12 heteroatoms. The predicted molar refractivity (Wildman–Crippen MR) is 172 cm³/mol. The van der Waals surface area contributed by atoms with Gasteiger partial charge in [-0.2, -0.15) is 0 Å². The van der Waals surface area contributed by atoms with Gasteiger partial charge in [0, 0.05) is 32.2 Å². The summed E-state index contributed by atoms with van der Waals surface area (Å²) in [6, 6.07) is 9.94. The van der Waals surface area contributed by atoms with Gasteiger partial charge in [0.25, 0.3) is 0 Å². The molecule has 0 saturated carbocycles. The van der Waals surface area contributed by atoms with Gasteiger partial charge in [0.2, 0.25) is 17.7 Å². The van der Waals surface area contributed by atoms with Crippen LogP contribution in [0.1, 0.15) is 38.3 Å². The number of nitrogens with one attached hydrogen (secondary N) is 4. The molecule has 3 amide bonds. The number of rotatable bonds is 5. The molecule has 4 rings (SSSR count).